The number of hydrogen-bond acceptors (Lipinski definition) is 2. The van der Waals surface area contributed by atoms with E-state index in [2.05, 4.69) is 4.98 Å². The first-order chi connectivity index (χ1) is 12.1. The number of carbonyl (C=O) groups is 1. The van der Waals surface area contributed by atoms with Gasteiger partial charge in [0.05, 0.1) is 5.69 Å². The average molecular weight is 338 g/mol. The summed E-state index contributed by atoms with van der Waals surface area (Å²) in [6, 6.07) is 14.1. The number of hydrogen-bond donors (Lipinski definition) is 1. The standard InChI is InChI=1S/C20H19FN2O2/c1-23(20(24)13-2-3-13)17-6-8-18(9-7-17)25-12-16-10-14-4-5-15(21)11-19(14)22-16/h4-11,13,22H,2-3,12H2,1H3. The Morgan fingerprint density at radius 3 is 2.68 bits per heavy atom. The van der Waals surface area contributed by atoms with Crippen molar-refractivity contribution >= 4 is 22.5 Å². The molecule has 1 aromatic heterocycles. The molecule has 128 valence electrons. The number of H-pyrrole nitrogens is 1. The Labute approximate surface area is 145 Å². The van der Waals surface area contributed by atoms with Crippen LogP contribution in [0.2, 0.25) is 0 Å². The first-order valence-electron chi connectivity index (χ1n) is 8.38. The van der Waals surface area contributed by atoms with Crippen molar-refractivity contribution in [2.24, 2.45) is 5.92 Å². The maximum atomic E-state index is 13.2. The number of anilines is 1. The number of fused-ring (bicyclic) bond motifs is 1. The first kappa shape index (κ1) is 15.7. The molecule has 1 aliphatic carbocycles. The molecule has 1 amide bonds. The molecule has 1 N–H and O–H groups in total. The molecule has 1 heterocycles. The largest absolute Gasteiger partial charge is 0.487 e. The van der Waals surface area contributed by atoms with Crippen LogP contribution in [0.25, 0.3) is 10.9 Å². The Hall–Kier alpha value is -2.82. The molecule has 25 heavy (non-hydrogen) atoms. The van der Waals surface area contributed by atoms with Crippen LogP contribution >= 0.6 is 0 Å². The van der Waals surface area contributed by atoms with Crippen molar-refractivity contribution in [1.82, 2.24) is 4.98 Å². The van der Waals surface area contributed by atoms with E-state index in [0.717, 1.165) is 40.9 Å². The summed E-state index contributed by atoms with van der Waals surface area (Å²) in [5.41, 5.74) is 2.50. The highest BCUT2D eigenvalue weighted by molar-refractivity contribution is 5.95. The number of rotatable bonds is 5. The molecule has 3 aromatic rings. The zero-order valence-corrected chi connectivity index (χ0v) is 14.0. The average Bonchev–Trinajstić information content (AvgIpc) is 3.39. The van der Waals surface area contributed by atoms with Gasteiger partial charge in [-0.05, 0) is 66.8 Å². The summed E-state index contributed by atoms with van der Waals surface area (Å²) in [7, 11) is 1.81. The summed E-state index contributed by atoms with van der Waals surface area (Å²) in [4.78, 5) is 16.9. The van der Waals surface area contributed by atoms with Crippen LogP contribution in [0, 0.1) is 11.7 Å². The SMILES string of the molecule is CN(C(=O)C1CC1)c1ccc(OCc2cc3ccc(F)cc3[nH]2)cc1. The van der Waals surface area contributed by atoms with Crippen molar-refractivity contribution in [3.05, 3.63) is 60.0 Å². The van der Waals surface area contributed by atoms with Gasteiger partial charge in [-0.15, -0.1) is 0 Å². The molecule has 5 heteroatoms. The van der Waals surface area contributed by atoms with Crippen molar-refractivity contribution in [3.8, 4) is 5.75 Å². The summed E-state index contributed by atoms with van der Waals surface area (Å²) < 4.78 is 19.0. The molecule has 0 aliphatic heterocycles. The number of benzene rings is 2. The second kappa shape index (κ2) is 6.24. The topological polar surface area (TPSA) is 45.3 Å². The van der Waals surface area contributed by atoms with Gasteiger partial charge < -0.3 is 14.6 Å². The molecular formula is C20H19FN2O2. The molecule has 0 radical (unpaired) electrons. The van der Waals surface area contributed by atoms with Gasteiger partial charge in [0.25, 0.3) is 0 Å². The second-order valence-electron chi connectivity index (χ2n) is 6.48. The maximum absolute atomic E-state index is 13.2. The van der Waals surface area contributed by atoms with Gasteiger partial charge in [0.15, 0.2) is 0 Å². The zero-order chi connectivity index (χ0) is 17.4. The third-order valence-electron chi connectivity index (χ3n) is 4.52. The van der Waals surface area contributed by atoms with E-state index in [1.165, 1.54) is 12.1 Å². The van der Waals surface area contributed by atoms with Crippen LogP contribution in [0.5, 0.6) is 5.75 Å². The summed E-state index contributed by atoms with van der Waals surface area (Å²) in [6.45, 7) is 0.368. The van der Waals surface area contributed by atoms with E-state index in [-0.39, 0.29) is 17.6 Å². The van der Waals surface area contributed by atoms with Crippen LogP contribution in [0.1, 0.15) is 18.5 Å². The molecule has 1 saturated carbocycles. The molecule has 4 nitrogen and oxygen atoms in total. The highest BCUT2D eigenvalue weighted by atomic mass is 19.1. The van der Waals surface area contributed by atoms with Gasteiger partial charge in [0.2, 0.25) is 5.91 Å². The Balaban J connectivity index is 1.41. The molecule has 0 atom stereocenters. The van der Waals surface area contributed by atoms with Crippen LogP contribution in [0.4, 0.5) is 10.1 Å². The summed E-state index contributed by atoms with van der Waals surface area (Å²) in [6.07, 6.45) is 2.00. The summed E-state index contributed by atoms with van der Waals surface area (Å²) in [5.74, 6) is 0.842. The van der Waals surface area contributed by atoms with Crippen LogP contribution in [-0.4, -0.2) is 17.9 Å². The molecule has 0 bridgehead atoms. The van der Waals surface area contributed by atoms with Crippen molar-refractivity contribution in [2.75, 3.05) is 11.9 Å². The Bertz CT molecular complexity index is 913. The predicted molar refractivity (Wildman–Crippen MR) is 95.2 cm³/mol. The number of carbonyl (C=O) groups excluding carboxylic acids is 1. The van der Waals surface area contributed by atoms with Gasteiger partial charge >= 0.3 is 0 Å². The number of halogens is 1. The molecule has 0 spiro atoms. The van der Waals surface area contributed by atoms with E-state index >= 15 is 0 Å². The fourth-order valence-corrected chi connectivity index (χ4v) is 2.90. The smallest absolute Gasteiger partial charge is 0.229 e. The van der Waals surface area contributed by atoms with Crippen molar-refractivity contribution in [3.63, 3.8) is 0 Å². The fourth-order valence-electron chi connectivity index (χ4n) is 2.90. The summed E-state index contributed by atoms with van der Waals surface area (Å²) >= 11 is 0. The Morgan fingerprint density at radius 2 is 1.96 bits per heavy atom. The lowest BCUT2D eigenvalue weighted by molar-refractivity contribution is -0.119. The van der Waals surface area contributed by atoms with Crippen molar-refractivity contribution in [1.29, 1.82) is 0 Å². The number of ether oxygens (including phenoxy) is 1. The minimum atomic E-state index is -0.262. The van der Waals surface area contributed by atoms with E-state index in [0.29, 0.717) is 6.61 Å². The summed E-state index contributed by atoms with van der Waals surface area (Å²) in [5, 5.41) is 0.954. The van der Waals surface area contributed by atoms with E-state index in [9.17, 15) is 9.18 Å². The zero-order valence-electron chi connectivity index (χ0n) is 14.0. The molecular weight excluding hydrogens is 319 g/mol. The van der Waals surface area contributed by atoms with Crippen molar-refractivity contribution < 1.29 is 13.9 Å². The van der Waals surface area contributed by atoms with Gasteiger partial charge in [-0.25, -0.2) is 4.39 Å². The predicted octanol–water partition coefficient (Wildman–Crippen LogP) is 4.26. The monoisotopic (exact) mass is 338 g/mol. The van der Waals surface area contributed by atoms with E-state index in [4.69, 9.17) is 4.74 Å². The number of amides is 1. The number of nitrogens with zero attached hydrogens (tertiary/aromatic N) is 1. The lowest BCUT2D eigenvalue weighted by Crippen LogP contribution is -2.27. The van der Waals surface area contributed by atoms with Gasteiger partial charge in [-0.2, -0.15) is 0 Å². The van der Waals surface area contributed by atoms with E-state index in [1.807, 2.05) is 30.3 Å². The van der Waals surface area contributed by atoms with Crippen LogP contribution < -0.4 is 9.64 Å². The third-order valence-corrected chi connectivity index (χ3v) is 4.52. The van der Waals surface area contributed by atoms with Gasteiger partial charge in [0.1, 0.15) is 18.2 Å². The van der Waals surface area contributed by atoms with Gasteiger partial charge in [0, 0.05) is 24.2 Å². The lowest BCUT2D eigenvalue weighted by atomic mass is 10.2. The number of aromatic amines is 1. The highest BCUT2D eigenvalue weighted by Gasteiger charge is 2.32. The minimum absolute atomic E-state index is 0.180. The highest BCUT2D eigenvalue weighted by Crippen LogP contribution is 2.32. The molecule has 1 aliphatic rings. The van der Waals surface area contributed by atoms with Gasteiger partial charge in [-0.3, -0.25) is 4.79 Å². The molecule has 2 aromatic carbocycles. The van der Waals surface area contributed by atoms with E-state index in [1.54, 1.807) is 18.0 Å². The lowest BCUT2D eigenvalue weighted by Gasteiger charge is -2.17. The Kier molecular flexibility index (Phi) is 3.92. The maximum Gasteiger partial charge on any atom is 0.229 e. The Morgan fingerprint density at radius 1 is 1.20 bits per heavy atom. The molecule has 4 rings (SSSR count). The van der Waals surface area contributed by atoms with Crippen LogP contribution in [-0.2, 0) is 11.4 Å². The van der Waals surface area contributed by atoms with Crippen molar-refractivity contribution in [2.45, 2.75) is 19.4 Å². The van der Waals surface area contributed by atoms with E-state index < -0.39 is 0 Å². The number of aromatic nitrogens is 1. The molecule has 1 fully saturated rings. The minimum Gasteiger partial charge on any atom is -0.487 e. The third kappa shape index (κ3) is 3.36. The van der Waals surface area contributed by atoms with Crippen LogP contribution in [0.3, 0.4) is 0 Å². The molecule has 0 unspecified atom stereocenters. The second-order valence-corrected chi connectivity index (χ2v) is 6.48. The molecule has 0 saturated heterocycles. The number of nitrogens with one attached hydrogen (secondary N) is 1. The first-order valence-corrected chi connectivity index (χ1v) is 8.38. The van der Waals surface area contributed by atoms with Gasteiger partial charge in [-0.1, -0.05) is 0 Å². The quantitative estimate of drug-likeness (QED) is 0.755. The van der Waals surface area contributed by atoms with Crippen LogP contribution in [0.15, 0.2) is 48.5 Å². The normalized spacial score (nSPS) is 13.8. The fraction of sp³-hybridized carbons (Fsp3) is 0.250.